The number of rotatable bonds is 4. The van der Waals surface area contributed by atoms with Crippen molar-refractivity contribution in [3.63, 3.8) is 0 Å². The van der Waals surface area contributed by atoms with E-state index in [9.17, 15) is 9.90 Å². The van der Waals surface area contributed by atoms with E-state index in [1.54, 1.807) is 0 Å². The summed E-state index contributed by atoms with van der Waals surface area (Å²) < 4.78 is 0. The summed E-state index contributed by atoms with van der Waals surface area (Å²) in [6.07, 6.45) is 4.25. The molecule has 88 valence electrons. The molecule has 0 aromatic rings. The Morgan fingerprint density at radius 2 is 2.13 bits per heavy atom. The van der Waals surface area contributed by atoms with Crippen molar-refractivity contribution in [2.24, 2.45) is 0 Å². The summed E-state index contributed by atoms with van der Waals surface area (Å²) in [7, 11) is 0. The van der Waals surface area contributed by atoms with Crippen LogP contribution < -0.4 is 0 Å². The molecule has 0 amide bonds. The number of likely N-dealkylation sites (tertiary alicyclic amines) is 1. The van der Waals surface area contributed by atoms with Crippen molar-refractivity contribution in [3.8, 4) is 0 Å². The number of Topliss-reactive ketones (excluding diaryl/α,β-unsaturated/α-hetero) is 1. The molecule has 0 aliphatic carbocycles. The molecule has 1 atom stereocenters. The van der Waals surface area contributed by atoms with E-state index in [1.807, 2.05) is 13.8 Å². The van der Waals surface area contributed by atoms with Gasteiger partial charge in [-0.2, -0.15) is 0 Å². The summed E-state index contributed by atoms with van der Waals surface area (Å²) in [5.74, 6) is 0.332. The quantitative estimate of drug-likeness (QED) is 0.771. The van der Waals surface area contributed by atoms with E-state index >= 15 is 0 Å². The van der Waals surface area contributed by atoms with Gasteiger partial charge in [0.2, 0.25) is 0 Å². The predicted molar refractivity (Wildman–Crippen MR) is 60.8 cm³/mol. The Hall–Kier alpha value is -0.410. The lowest BCUT2D eigenvalue weighted by molar-refractivity contribution is -0.120. The molecule has 0 aromatic heterocycles. The lowest BCUT2D eigenvalue weighted by Gasteiger charge is -2.21. The topological polar surface area (TPSA) is 40.5 Å². The van der Waals surface area contributed by atoms with Gasteiger partial charge in [-0.25, -0.2) is 0 Å². The summed E-state index contributed by atoms with van der Waals surface area (Å²) in [6, 6.07) is 0. The summed E-state index contributed by atoms with van der Waals surface area (Å²) in [5, 5.41) is 9.90. The highest BCUT2D eigenvalue weighted by Crippen LogP contribution is 2.21. The summed E-state index contributed by atoms with van der Waals surface area (Å²) in [5.41, 5.74) is -0.525. The second-order valence-corrected chi connectivity index (χ2v) is 4.92. The normalized spacial score (nSPS) is 28.7. The zero-order chi connectivity index (χ0) is 11.3. The van der Waals surface area contributed by atoms with Crippen LogP contribution in [0.25, 0.3) is 0 Å². The lowest BCUT2D eigenvalue weighted by atomic mass is 9.98. The largest absolute Gasteiger partial charge is 0.390 e. The zero-order valence-electron chi connectivity index (χ0n) is 9.96. The first-order valence-corrected chi connectivity index (χ1v) is 6.00. The fourth-order valence-corrected chi connectivity index (χ4v) is 2.08. The molecule has 3 heteroatoms. The molecule has 0 bridgehead atoms. The van der Waals surface area contributed by atoms with Gasteiger partial charge < -0.3 is 5.11 Å². The Labute approximate surface area is 92.5 Å². The van der Waals surface area contributed by atoms with E-state index in [1.165, 1.54) is 0 Å². The maximum absolute atomic E-state index is 11.5. The molecule has 1 aliphatic rings. The number of aliphatic hydroxyl groups is 1. The minimum absolute atomic E-state index is 0.332. The van der Waals surface area contributed by atoms with Crippen molar-refractivity contribution in [3.05, 3.63) is 0 Å². The van der Waals surface area contributed by atoms with Crippen LogP contribution in [-0.4, -0.2) is 41.0 Å². The Balaban J connectivity index is 2.34. The Morgan fingerprint density at radius 1 is 1.40 bits per heavy atom. The highest BCUT2D eigenvalue weighted by molar-refractivity contribution is 5.80. The number of carbonyl (C=O) groups excluding carboxylic acids is 1. The van der Waals surface area contributed by atoms with Crippen LogP contribution in [0.3, 0.4) is 0 Å². The van der Waals surface area contributed by atoms with Gasteiger partial charge in [-0.1, -0.05) is 6.92 Å². The molecule has 15 heavy (non-hydrogen) atoms. The fourth-order valence-electron chi connectivity index (χ4n) is 2.08. The van der Waals surface area contributed by atoms with Gasteiger partial charge in [0.25, 0.3) is 0 Å². The molecule has 3 nitrogen and oxygen atoms in total. The van der Waals surface area contributed by atoms with E-state index in [-0.39, 0.29) is 0 Å². The smallest absolute Gasteiger partial charge is 0.146 e. The van der Waals surface area contributed by atoms with Crippen molar-refractivity contribution < 1.29 is 9.90 Å². The highest BCUT2D eigenvalue weighted by Gasteiger charge is 2.25. The first kappa shape index (κ1) is 12.7. The first-order valence-electron chi connectivity index (χ1n) is 6.00. The number of carbonyl (C=O) groups is 1. The van der Waals surface area contributed by atoms with E-state index in [2.05, 4.69) is 4.90 Å². The molecule has 0 radical (unpaired) electrons. The summed E-state index contributed by atoms with van der Waals surface area (Å²) >= 11 is 0. The van der Waals surface area contributed by atoms with Gasteiger partial charge in [-0.05, 0) is 39.2 Å². The zero-order valence-corrected chi connectivity index (χ0v) is 9.96. The average Bonchev–Trinajstić information content (AvgIpc) is 2.28. The molecule has 1 aliphatic heterocycles. The monoisotopic (exact) mass is 213 g/mol. The molecule has 1 rings (SSSR count). The van der Waals surface area contributed by atoms with Crippen LogP contribution in [0.4, 0.5) is 0 Å². The van der Waals surface area contributed by atoms with Gasteiger partial charge in [0.15, 0.2) is 0 Å². The molecule has 1 saturated heterocycles. The molecule has 1 N–H and O–H groups in total. The van der Waals surface area contributed by atoms with Crippen LogP contribution in [0.15, 0.2) is 0 Å². The van der Waals surface area contributed by atoms with Crippen molar-refractivity contribution in [1.82, 2.24) is 4.90 Å². The van der Waals surface area contributed by atoms with Crippen molar-refractivity contribution in [2.45, 2.75) is 51.6 Å². The number of hydrogen-bond acceptors (Lipinski definition) is 3. The van der Waals surface area contributed by atoms with E-state index in [0.717, 1.165) is 38.8 Å². The minimum Gasteiger partial charge on any atom is -0.390 e. The molecule has 1 unspecified atom stereocenters. The second-order valence-electron chi connectivity index (χ2n) is 4.92. The third-order valence-electron chi connectivity index (χ3n) is 3.09. The number of hydrogen-bond donors (Lipinski definition) is 1. The molecule has 1 heterocycles. The molecule has 0 spiro atoms. The van der Waals surface area contributed by atoms with E-state index in [0.29, 0.717) is 18.7 Å². The van der Waals surface area contributed by atoms with E-state index < -0.39 is 5.60 Å². The van der Waals surface area contributed by atoms with Crippen LogP contribution in [0.1, 0.15) is 46.0 Å². The van der Waals surface area contributed by atoms with Crippen LogP contribution in [0.5, 0.6) is 0 Å². The molecule has 0 saturated carbocycles. The first-order chi connectivity index (χ1) is 7.03. The SMILES string of the molecule is CCCC(=O)CN1CCCC(C)(O)CC1. The summed E-state index contributed by atoms with van der Waals surface area (Å²) in [6.45, 7) is 6.30. The number of nitrogens with zero attached hydrogens (tertiary/aromatic N) is 1. The maximum atomic E-state index is 11.5. The van der Waals surface area contributed by atoms with Gasteiger partial charge in [-0.3, -0.25) is 9.69 Å². The maximum Gasteiger partial charge on any atom is 0.146 e. The Bertz CT molecular complexity index is 214. The number of ketones is 1. The standard InChI is InChI=1S/C12H23NO2/c1-3-5-11(14)10-13-8-4-6-12(2,15)7-9-13/h15H,3-10H2,1-2H3. The van der Waals surface area contributed by atoms with Crippen LogP contribution >= 0.6 is 0 Å². The molecule has 1 fully saturated rings. The third kappa shape index (κ3) is 4.76. The summed E-state index contributed by atoms with van der Waals surface area (Å²) in [4.78, 5) is 13.7. The Kier molecular flexibility index (Phi) is 4.74. The molecular formula is C12H23NO2. The lowest BCUT2D eigenvalue weighted by Crippen LogP contribution is -2.32. The van der Waals surface area contributed by atoms with Crippen LogP contribution in [-0.2, 0) is 4.79 Å². The molecular weight excluding hydrogens is 190 g/mol. The molecule has 0 aromatic carbocycles. The van der Waals surface area contributed by atoms with Gasteiger partial charge in [-0.15, -0.1) is 0 Å². The van der Waals surface area contributed by atoms with Crippen LogP contribution in [0, 0.1) is 0 Å². The highest BCUT2D eigenvalue weighted by atomic mass is 16.3. The van der Waals surface area contributed by atoms with E-state index in [4.69, 9.17) is 0 Å². The average molecular weight is 213 g/mol. The van der Waals surface area contributed by atoms with Crippen LogP contribution in [0.2, 0.25) is 0 Å². The van der Waals surface area contributed by atoms with Gasteiger partial charge in [0.1, 0.15) is 5.78 Å². The van der Waals surface area contributed by atoms with Gasteiger partial charge in [0, 0.05) is 13.0 Å². The third-order valence-corrected chi connectivity index (χ3v) is 3.09. The predicted octanol–water partition coefficient (Wildman–Crippen LogP) is 1.59. The van der Waals surface area contributed by atoms with Crippen molar-refractivity contribution in [2.75, 3.05) is 19.6 Å². The van der Waals surface area contributed by atoms with Crippen molar-refractivity contribution >= 4 is 5.78 Å². The minimum atomic E-state index is -0.525. The fraction of sp³-hybridized carbons (Fsp3) is 0.917. The van der Waals surface area contributed by atoms with Gasteiger partial charge in [0.05, 0.1) is 12.1 Å². The van der Waals surface area contributed by atoms with Gasteiger partial charge >= 0.3 is 0 Å². The van der Waals surface area contributed by atoms with Crippen molar-refractivity contribution in [1.29, 1.82) is 0 Å². The Morgan fingerprint density at radius 3 is 2.80 bits per heavy atom. The second kappa shape index (κ2) is 5.61.